The van der Waals surface area contributed by atoms with Crippen LogP contribution in [0.5, 0.6) is 0 Å². The highest BCUT2D eigenvalue weighted by Gasteiger charge is 2.36. The molecule has 124 valence electrons. The number of aliphatic hydroxyl groups excluding tert-OH is 1. The number of aliphatic carboxylic acids is 1. The molecule has 0 aromatic heterocycles. The molecule has 0 spiro atoms. The van der Waals surface area contributed by atoms with Crippen molar-refractivity contribution < 1.29 is 19.8 Å². The van der Waals surface area contributed by atoms with E-state index in [-0.39, 0.29) is 12.5 Å². The van der Waals surface area contributed by atoms with Gasteiger partial charge < -0.3 is 15.5 Å². The fraction of sp³-hybridized carbons (Fsp3) is 0.867. The summed E-state index contributed by atoms with van der Waals surface area (Å²) in [6.07, 6.45) is 1.53. The van der Waals surface area contributed by atoms with E-state index in [0.717, 1.165) is 5.75 Å². The monoisotopic (exact) mass is 319 g/mol. The molecule has 0 aromatic carbocycles. The van der Waals surface area contributed by atoms with Gasteiger partial charge in [0.15, 0.2) is 0 Å². The number of aliphatic hydroxyl groups is 1. The Balaban J connectivity index is 4.74. The zero-order valence-electron chi connectivity index (χ0n) is 13.5. The zero-order valence-corrected chi connectivity index (χ0v) is 14.3. The number of carbonyl (C=O) groups is 2. The van der Waals surface area contributed by atoms with Crippen LogP contribution in [0.25, 0.3) is 0 Å². The number of hydrogen-bond donors (Lipinski definition) is 3. The van der Waals surface area contributed by atoms with Crippen LogP contribution in [0.15, 0.2) is 0 Å². The summed E-state index contributed by atoms with van der Waals surface area (Å²) in [6, 6.07) is -0.877. The quantitative estimate of drug-likeness (QED) is 0.543. The molecule has 6 heteroatoms. The van der Waals surface area contributed by atoms with Gasteiger partial charge in [0.05, 0.1) is 5.41 Å². The molecule has 0 aliphatic heterocycles. The summed E-state index contributed by atoms with van der Waals surface area (Å²) in [6.45, 7) is 7.85. The summed E-state index contributed by atoms with van der Waals surface area (Å²) < 4.78 is 0. The highest BCUT2D eigenvalue weighted by Crippen LogP contribution is 2.30. The highest BCUT2D eigenvalue weighted by atomic mass is 32.2. The van der Waals surface area contributed by atoms with E-state index >= 15 is 0 Å². The summed E-state index contributed by atoms with van der Waals surface area (Å²) in [5.74, 6) is 0.439. The van der Waals surface area contributed by atoms with Crippen LogP contribution >= 0.6 is 11.8 Å². The van der Waals surface area contributed by atoms with Gasteiger partial charge in [0.1, 0.15) is 6.04 Å². The topological polar surface area (TPSA) is 86.6 Å². The van der Waals surface area contributed by atoms with Crippen molar-refractivity contribution in [2.24, 2.45) is 11.3 Å². The maximum Gasteiger partial charge on any atom is 0.327 e. The Labute approximate surface area is 131 Å². The second-order valence-electron chi connectivity index (χ2n) is 5.76. The fourth-order valence-corrected chi connectivity index (χ4v) is 3.23. The first-order valence-electron chi connectivity index (χ1n) is 7.55. The van der Waals surface area contributed by atoms with Crippen molar-refractivity contribution in [1.82, 2.24) is 5.32 Å². The van der Waals surface area contributed by atoms with Crippen molar-refractivity contribution in [3.05, 3.63) is 0 Å². The minimum atomic E-state index is -1.01. The molecule has 0 saturated heterocycles. The Morgan fingerprint density at radius 2 is 1.76 bits per heavy atom. The van der Waals surface area contributed by atoms with Crippen LogP contribution < -0.4 is 5.32 Å². The van der Waals surface area contributed by atoms with Crippen LogP contribution in [0.3, 0.4) is 0 Å². The molecule has 0 heterocycles. The van der Waals surface area contributed by atoms with Crippen molar-refractivity contribution in [3.63, 3.8) is 0 Å². The van der Waals surface area contributed by atoms with Gasteiger partial charge in [-0.05, 0) is 30.9 Å². The molecule has 0 radical (unpaired) electrons. The normalized spacial score (nSPS) is 13.2. The first-order valence-corrected chi connectivity index (χ1v) is 8.70. The van der Waals surface area contributed by atoms with E-state index in [2.05, 4.69) is 19.2 Å². The van der Waals surface area contributed by atoms with Crippen molar-refractivity contribution >= 4 is 23.6 Å². The molecule has 1 atom stereocenters. The lowest BCUT2D eigenvalue weighted by atomic mass is 9.78. The number of rotatable bonds is 11. The van der Waals surface area contributed by atoms with E-state index in [4.69, 9.17) is 5.11 Å². The van der Waals surface area contributed by atoms with Gasteiger partial charge >= 0.3 is 5.97 Å². The molecule has 1 amide bonds. The molecule has 21 heavy (non-hydrogen) atoms. The Hall–Kier alpha value is -0.750. The zero-order chi connectivity index (χ0) is 16.5. The van der Waals surface area contributed by atoms with E-state index in [1.165, 1.54) is 11.8 Å². The van der Waals surface area contributed by atoms with Crippen LogP contribution in [-0.4, -0.2) is 46.2 Å². The number of hydrogen-bond acceptors (Lipinski definition) is 4. The lowest BCUT2D eigenvalue weighted by Crippen LogP contribution is -2.49. The van der Waals surface area contributed by atoms with Crippen LogP contribution in [0.4, 0.5) is 0 Å². The highest BCUT2D eigenvalue weighted by molar-refractivity contribution is 7.99. The largest absolute Gasteiger partial charge is 0.480 e. The molecule has 5 nitrogen and oxygen atoms in total. The number of carboxylic acid groups (broad SMARTS) is 1. The van der Waals surface area contributed by atoms with Crippen molar-refractivity contribution in [2.75, 3.05) is 18.1 Å². The van der Waals surface area contributed by atoms with Gasteiger partial charge in [-0.25, -0.2) is 4.79 Å². The van der Waals surface area contributed by atoms with Gasteiger partial charge in [-0.2, -0.15) is 11.8 Å². The summed E-state index contributed by atoms with van der Waals surface area (Å²) in [5, 5.41) is 21.1. The second kappa shape index (κ2) is 10.1. The maximum absolute atomic E-state index is 12.4. The van der Waals surface area contributed by atoms with E-state index < -0.39 is 17.4 Å². The predicted molar refractivity (Wildman–Crippen MR) is 86.4 cm³/mol. The molecule has 3 N–H and O–H groups in total. The lowest BCUT2D eigenvalue weighted by molar-refractivity contribution is -0.143. The smallest absolute Gasteiger partial charge is 0.327 e. The maximum atomic E-state index is 12.4. The Morgan fingerprint density at radius 3 is 2.14 bits per heavy atom. The first-order chi connectivity index (χ1) is 9.82. The SMILES string of the molecule is CCC(CC)(CCO)C(=O)NC(CSCC(C)C)C(=O)O. The number of thioether (sulfide) groups is 1. The number of amides is 1. The van der Waals surface area contributed by atoms with E-state index in [9.17, 15) is 14.7 Å². The molecule has 0 aliphatic rings. The predicted octanol–water partition coefficient (Wildman–Crippen LogP) is 2.13. The van der Waals surface area contributed by atoms with Crippen LogP contribution in [0.1, 0.15) is 47.0 Å². The molecule has 1 unspecified atom stereocenters. The van der Waals surface area contributed by atoms with Crippen molar-refractivity contribution in [3.8, 4) is 0 Å². The third kappa shape index (κ3) is 6.70. The molecule has 0 bridgehead atoms. The van der Waals surface area contributed by atoms with Gasteiger partial charge in [-0.3, -0.25) is 4.79 Å². The molecule has 0 rings (SSSR count). The molecule has 0 aromatic rings. The van der Waals surface area contributed by atoms with Gasteiger partial charge in [0.2, 0.25) is 5.91 Å². The van der Waals surface area contributed by atoms with Crippen molar-refractivity contribution in [1.29, 1.82) is 0 Å². The van der Waals surface area contributed by atoms with Gasteiger partial charge in [0.25, 0.3) is 0 Å². The minimum absolute atomic E-state index is 0.0745. The average molecular weight is 319 g/mol. The number of carboxylic acids is 1. The number of nitrogens with one attached hydrogen (secondary N) is 1. The summed E-state index contributed by atoms with van der Waals surface area (Å²) in [7, 11) is 0. The van der Waals surface area contributed by atoms with E-state index in [1.807, 2.05) is 13.8 Å². The molecular weight excluding hydrogens is 290 g/mol. The lowest BCUT2D eigenvalue weighted by Gasteiger charge is -2.31. The molecular formula is C15H29NO4S. The summed E-state index contributed by atoms with van der Waals surface area (Å²) >= 11 is 1.53. The minimum Gasteiger partial charge on any atom is -0.480 e. The van der Waals surface area contributed by atoms with Gasteiger partial charge in [-0.15, -0.1) is 0 Å². The first kappa shape index (κ1) is 20.2. The summed E-state index contributed by atoms with van der Waals surface area (Å²) in [5.41, 5.74) is -0.675. The molecule has 0 saturated carbocycles. The van der Waals surface area contributed by atoms with E-state index in [1.54, 1.807) is 0 Å². The van der Waals surface area contributed by atoms with Gasteiger partial charge in [-0.1, -0.05) is 27.7 Å². The van der Waals surface area contributed by atoms with Gasteiger partial charge in [0, 0.05) is 12.4 Å². The average Bonchev–Trinajstić information content (AvgIpc) is 2.43. The Kier molecular flexibility index (Phi) is 9.70. The standard InChI is InChI=1S/C15H29NO4S/c1-5-15(6-2,7-8-17)14(20)16-12(13(18)19)10-21-9-11(3)4/h11-12,17H,5-10H2,1-4H3,(H,16,20)(H,18,19). The van der Waals surface area contributed by atoms with Crippen molar-refractivity contribution in [2.45, 2.75) is 53.0 Å². The van der Waals surface area contributed by atoms with Crippen LogP contribution in [-0.2, 0) is 9.59 Å². The van der Waals surface area contributed by atoms with Crippen LogP contribution in [0, 0.1) is 11.3 Å². The fourth-order valence-electron chi connectivity index (χ4n) is 2.16. The van der Waals surface area contributed by atoms with Crippen LogP contribution in [0.2, 0.25) is 0 Å². The molecule has 0 fully saturated rings. The Bertz CT molecular complexity index is 330. The Morgan fingerprint density at radius 1 is 1.19 bits per heavy atom. The molecule has 0 aliphatic carbocycles. The second-order valence-corrected chi connectivity index (χ2v) is 6.83. The summed E-state index contributed by atoms with van der Waals surface area (Å²) in [4.78, 5) is 23.7. The number of carbonyl (C=O) groups excluding carboxylic acids is 1. The third-order valence-electron chi connectivity index (χ3n) is 3.76. The third-order valence-corrected chi connectivity index (χ3v) is 5.24. The van der Waals surface area contributed by atoms with E-state index in [0.29, 0.717) is 30.9 Å².